The summed E-state index contributed by atoms with van der Waals surface area (Å²) in [5, 5.41) is 6.79. The highest BCUT2D eigenvalue weighted by Gasteiger charge is 2.07. The lowest BCUT2D eigenvalue weighted by Crippen LogP contribution is -2.44. The molecule has 10 heteroatoms. The minimum Gasteiger partial charge on any atom is -0.484 e. The third-order valence-electron chi connectivity index (χ3n) is 2.26. The van der Waals surface area contributed by atoms with Gasteiger partial charge in [-0.05, 0) is 24.3 Å². The number of aromatic amines is 1. The fraction of sp³-hybridized carbons (Fsp3) is 0.167. The molecule has 0 aliphatic rings. The molecule has 0 spiro atoms. The average Bonchev–Trinajstić information content (AvgIpc) is 3.04. The van der Waals surface area contributed by atoms with Crippen LogP contribution in [0.15, 0.2) is 40.2 Å². The van der Waals surface area contributed by atoms with Crippen LogP contribution in [0, 0.1) is 0 Å². The van der Waals surface area contributed by atoms with E-state index in [-0.39, 0.29) is 18.3 Å². The van der Waals surface area contributed by atoms with Gasteiger partial charge in [-0.15, -0.1) is 0 Å². The topological polar surface area (TPSA) is 109 Å². The van der Waals surface area contributed by atoms with Gasteiger partial charge in [-0.2, -0.15) is 5.10 Å². The minimum absolute atomic E-state index is 0.100. The standard InChI is InChI=1S/C12H12BrN5O3S/c13-8-1-3-9(4-2-8)21-5-10(19)16-17-11(20)6-22-12-14-7-15-18-12/h1-4,7H,5-6H2,(H,16,19)(H,17,20)(H,14,15,18). The van der Waals surface area contributed by atoms with Crippen molar-refractivity contribution >= 4 is 39.5 Å². The zero-order valence-corrected chi connectivity index (χ0v) is 13.6. The number of carbonyl (C=O) groups excluding carboxylic acids is 2. The number of ether oxygens (including phenoxy) is 1. The van der Waals surface area contributed by atoms with Gasteiger partial charge in [0.05, 0.1) is 5.75 Å². The molecule has 2 rings (SSSR count). The second kappa shape index (κ2) is 8.39. The predicted octanol–water partition coefficient (Wildman–Crippen LogP) is 0.886. The van der Waals surface area contributed by atoms with Crippen molar-refractivity contribution in [1.29, 1.82) is 0 Å². The van der Waals surface area contributed by atoms with Gasteiger partial charge in [0.1, 0.15) is 12.1 Å². The molecule has 0 aliphatic heterocycles. The van der Waals surface area contributed by atoms with Crippen LogP contribution >= 0.6 is 27.7 Å². The first-order valence-corrected chi connectivity index (χ1v) is 7.85. The van der Waals surface area contributed by atoms with Gasteiger partial charge in [-0.1, -0.05) is 27.7 Å². The SMILES string of the molecule is O=C(COc1ccc(Br)cc1)NNC(=O)CSc1ncn[nH]1. The summed E-state index contributed by atoms with van der Waals surface area (Å²) in [7, 11) is 0. The number of amides is 2. The van der Waals surface area contributed by atoms with Gasteiger partial charge in [0.15, 0.2) is 11.8 Å². The molecule has 0 saturated heterocycles. The lowest BCUT2D eigenvalue weighted by atomic mass is 10.3. The van der Waals surface area contributed by atoms with E-state index in [0.717, 1.165) is 4.47 Å². The second-order valence-corrected chi connectivity index (χ2v) is 5.80. The molecule has 2 amide bonds. The summed E-state index contributed by atoms with van der Waals surface area (Å²) in [6.07, 6.45) is 1.35. The second-order valence-electron chi connectivity index (χ2n) is 3.92. The fourth-order valence-electron chi connectivity index (χ4n) is 1.29. The maximum atomic E-state index is 11.5. The van der Waals surface area contributed by atoms with Crippen molar-refractivity contribution in [2.75, 3.05) is 12.4 Å². The molecule has 1 heterocycles. The van der Waals surface area contributed by atoms with Crippen molar-refractivity contribution in [2.45, 2.75) is 5.16 Å². The summed E-state index contributed by atoms with van der Waals surface area (Å²) >= 11 is 4.47. The molecule has 22 heavy (non-hydrogen) atoms. The van der Waals surface area contributed by atoms with Crippen molar-refractivity contribution in [3.63, 3.8) is 0 Å². The molecule has 1 aromatic carbocycles. The third kappa shape index (κ3) is 5.74. The van der Waals surface area contributed by atoms with E-state index in [4.69, 9.17) is 4.74 Å². The minimum atomic E-state index is -0.457. The average molecular weight is 386 g/mol. The van der Waals surface area contributed by atoms with Crippen LogP contribution in [-0.4, -0.2) is 39.4 Å². The van der Waals surface area contributed by atoms with Gasteiger partial charge >= 0.3 is 0 Å². The highest BCUT2D eigenvalue weighted by molar-refractivity contribution is 9.10. The number of thioether (sulfide) groups is 1. The number of hydrazine groups is 1. The van der Waals surface area contributed by atoms with Gasteiger partial charge in [-0.25, -0.2) is 4.98 Å². The first kappa shape index (κ1) is 16.3. The smallest absolute Gasteiger partial charge is 0.276 e. The van der Waals surface area contributed by atoms with Crippen molar-refractivity contribution in [3.8, 4) is 5.75 Å². The molecule has 8 nitrogen and oxygen atoms in total. The Hall–Kier alpha value is -2.07. The van der Waals surface area contributed by atoms with Gasteiger partial charge in [0, 0.05) is 4.47 Å². The number of rotatable bonds is 6. The lowest BCUT2D eigenvalue weighted by molar-refractivity contribution is -0.128. The Morgan fingerprint density at radius 2 is 1.95 bits per heavy atom. The Kier molecular flexibility index (Phi) is 6.22. The number of nitrogens with zero attached hydrogens (tertiary/aromatic N) is 2. The van der Waals surface area contributed by atoms with Gasteiger partial charge in [0.25, 0.3) is 5.91 Å². The predicted molar refractivity (Wildman–Crippen MR) is 83.0 cm³/mol. The highest BCUT2D eigenvalue weighted by atomic mass is 79.9. The van der Waals surface area contributed by atoms with E-state index in [0.29, 0.717) is 10.9 Å². The van der Waals surface area contributed by atoms with Crippen molar-refractivity contribution in [1.82, 2.24) is 26.0 Å². The van der Waals surface area contributed by atoms with Crippen LogP contribution in [0.3, 0.4) is 0 Å². The quantitative estimate of drug-likeness (QED) is 0.503. The number of nitrogens with one attached hydrogen (secondary N) is 3. The highest BCUT2D eigenvalue weighted by Crippen LogP contribution is 2.15. The maximum absolute atomic E-state index is 11.5. The molecule has 0 radical (unpaired) electrons. The normalized spacial score (nSPS) is 10.0. The lowest BCUT2D eigenvalue weighted by Gasteiger charge is -2.08. The van der Waals surface area contributed by atoms with Crippen LogP contribution in [0.2, 0.25) is 0 Å². The van der Waals surface area contributed by atoms with Crippen molar-refractivity contribution in [2.24, 2.45) is 0 Å². The Labute approximate surface area is 138 Å². The number of benzene rings is 1. The Bertz CT molecular complexity index is 620. The molecular formula is C12H12BrN5O3S. The number of carbonyl (C=O) groups is 2. The Morgan fingerprint density at radius 3 is 2.64 bits per heavy atom. The largest absolute Gasteiger partial charge is 0.484 e. The molecule has 1 aromatic heterocycles. The van der Waals surface area contributed by atoms with Crippen LogP contribution in [-0.2, 0) is 9.59 Å². The summed E-state index contributed by atoms with van der Waals surface area (Å²) in [4.78, 5) is 26.9. The molecule has 2 aromatic rings. The first-order chi connectivity index (χ1) is 10.6. The van der Waals surface area contributed by atoms with Crippen LogP contribution in [0.1, 0.15) is 0 Å². The molecule has 0 atom stereocenters. The molecule has 3 N–H and O–H groups in total. The van der Waals surface area contributed by atoms with E-state index >= 15 is 0 Å². The summed E-state index contributed by atoms with van der Waals surface area (Å²) in [6.45, 7) is -0.197. The molecular weight excluding hydrogens is 374 g/mol. The maximum Gasteiger partial charge on any atom is 0.276 e. The number of hydrogen-bond donors (Lipinski definition) is 3. The molecule has 0 aliphatic carbocycles. The molecule has 116 valence electrons. The molecule has 0 fully saturated rings. The summed E-state index contributed by atoms with van der Waals surface area (Å²) < 4.78 is 6.18. The first-order valence-electron chi connectivity index (χ1n) is 6.07. The Balaban J connectivity index is 1.62. The van der Waals surface area contributed by atoms with Crippen molar-refractivity contribution in [3.05, 3.63) is 35.1 Å². The van der Waals surface area contributed by atoms with Crippen LogP contribution in [0.5, 0.6) is 5.75 Å². The van der Waals surface area contributed by atoms with Crippen LogP contribution in [0.4, 0.5) is 0 Å². The number of aromatic nitrogens is 3. The van der Waals surface area contributed by atoms with Gasteiger partial charge in [-0.3, -0.25) is 25.5 Å². The number of hydrogen-bond acceptors (Lipinski definition) is 6. The Morgan fingerprint density at radius 1 is 1.23 bits per heavy atom. The molecule has 0 saturated carbocycles. The van der Waals surface area contributed by atoms with Gasteiger partial charge in [0.2, 0.25) is 5.91 Å². The summed E-state index contributed by atoms with van der Waals surface area (Å²) in [5.41, 5.74) is 4.54. The fourth-order valence-corrected chi connectivity index (χ4v) is 2.13. The summed E-state index contributed by atoms with van der Waals surface area (Å²) in [5.74, 6) is -0.159. The number of H-pyrrole nitrogens is 1. The third-order valence-corrected chi connectivity index (χ3v) is 3.66. The monoisotopic (exact) mass is 385 g/mol. The van der Waals surface area contributed by atoms with E-state index < -0.39 is 5.91 Å². The zero-order valence-electron chi connectivity index (χ0n) is 11.2. The molecule has 0 bridgehead atoms. The number of halogens is 1. The van der Waals surface area contributed by atoms with Gasteiger partial charge < -0.3 is 4.74 Å². The van der Waals surface area contributed by atoms with Crippen LogP contribution in [0.25, 0.3) is 0 Å². The van der Waals surface area contributed by atoms with E-state index in [9.17, 15) is 9.59 Å². The summed E-state index contributed by atoms with van der Waals surface area (Å²) in [6, 6.07) is 7.05. The van der Waals surface area contributed by atoms with E-state index in [1.165, 1.54) is 18.1 Å². The van der Waals surface area contributed by atoms with E-state index in [1.807, 2.05) is 0 Å². The van der Waals surface area contributed by atoms with Crippen LogP contribution < -0.4 is 15.6 Å². The zero-order chi connectivity index (χ0) is 15.8. The molecule has 0 unspecified atom stereocenters. The van der Waals surface area contributed by atoms with E-state index in [1.54, 1.807) is 24.3 Å². The van der Waals surface area contributed by atoms with E-state index in [2.05, 4.69) is 42.0 Å². The van der Waals surface area contributed by atoms with Crippen molar-refractivity contribution < 1.29 is 14.3 Å².